The minimum atomic E-state index is -0.450. The van der Waals surface area contributed by atoms with Crippen LogP contribution in [0.1, 0.15) is 81.8 Å². The summed E-state index contributed by atoms with van der Waals surface area (Å²) >= 11 is 6.19. The molecule has 2 aromatic carbocycles. The number of rotatable bonds is 9. The highest BCUT2D eigenvalue weighted by Gasteiger charge is 2.44. The average molecular weight is 613 g/mol. The zero-order chi connectivity index (χ0) is 30.4. The van der Waals surface area contributed by atoms with Crippen molar-refractivity contribution in [1.29, 1.82) is 5.26 Å². The van der Waals surface area contributed by atoms with Crippen LogP contribution < -0.4 is 5.32 Å². The SMILES string of the molecule is N#CC1(c2ccccc2)CCC(N[C@H](Cc2ccc(Cl)cc2)C(=O)N2CCC(Cn3cncn3)(C3CCCCC3)CC2)CC1. The summed E-state index contributed by atoms with van der Waals surface area (Å²) in [7, 11) is 0. The van der Waals surface area contributed by atoms with Crippen molar-refractivity contribution in [3.05, 3.63) is 83.4 Å². The molecule has 0 spiro atoms. The third-order valence-electron chi connectivity index (χ3n) is 11.0. The first-order valence-electron chi connectivity index (χ1n) is 16.6. The van der Waals surface area contributed by atoms with Gasteiger partial charge in [-0.25, -0.2) is 4.98 Å². The van der Waals surface area contributed by atoms with Crippen LogP contribution in [-0.2, 0) is 23.2 Å². The van der Waals surface area contributed by atoms with Crippen molar-refractivity contribution in [3.63, 3.8) is 0 Å². The summed E-state index contributed by atoms with van der Waals surface area (Å²) in [6, 6.07) is 20.6. The topological polar surface area (TPSA) is 86.8 Å². The van der Waals surface area contributed by atoms with E-state index in [1.807, 2.05) is 53.5 Å². The number of hydrogen-bond acceptors (Lipinski definition) is 5. The number of nitriles is 1. The van der Waals surface area contributed by atoms with Gasteiger partial charge in [-0.15, -0.1) is 0 Å². The monoisotopic (exact) mass is 612 g/mol. The maximum Gasteiger partial charge on any atom is 0.240 e. The molecule has 6 rings (SSSR count). The van der Waals surface area contributed by atoms with Gasteiger partial charge in [-0.05, 0) is 92.4 Å². The average Bonchev–Trinajstić information content (AvgIpc) is 3.59. The zero-order valence-corrected chi connectivity index (χ0v) is 26.5. The van der Waals surface area contributed by atoms with E-state index < -0.39 is 5.41 Å². The quantitative estimate of drug-likeness (QED) is 0.290. The van der Waals surface area contributed by atoms with Crippen molar-refractivity contribution in [1.82, 2.24) is 25.0 Å². The Hall–Kier alpha value is -3.21. The molecular formula is C36H45ClN6O. The van der Waals surface area contributed by atoms with E-state index in [4.69, 9.17) is 11.6 Å². The number of hydrogen-bond donors (Lipinski definition) is 1. The molecule has 3 aliphatic rings. The van der Waals surface area contributed by atoms with Gasteiger partial charge in [0.15, 0.2) is 0 Å². The first kappa shape index (κ1) is 30.8. The van der Waals surface area contributed by atoms with Crippen LogP contribution in [-0.4, -0.2) is 50.7 Å². The number of amides is 1. The van der Waals surface area contributed by atoms with Crippen LogP contribution in [0.5, 0.6) is 0 Å². The molecule has 1 saturated heterocycles. The molecule has 3 fully saturated rings. The van der Waals surface area contributed by atoms with Crippen LogP contribution in [0, 0.1) is 22.7 Å². The molecular weight excluding hydrogens is 568 g/mol. The van der Waals surface area contributed by atoms with E-state index in [2.05, 4.69) is 38.5 Å². The molecule has 2 heterocycles. The lowest BCUT2D eigenvalue weighted by Crippen LogP contribution is -2.56. The lowest BCUT2D eigenvalue weighted by Gasteiger charge is -2.48. The Kier molecular flexibility index (Phi) is 9.68. The standard InChI is InChI=1S/C36H45ClN6O/c37-31-13-11-28(12-14-31)23-33(41-32-15-17-35(24-38,18-16-32)29-7-3-1-4-8-29)34(44)42-21-19-36(20-22-42,25-43-27-39-26-40-43)30-9-5-2-6-10-30/h1,3-4,7-8,11-14,26-27,30,32-33,41H,2,5-6,9-10,15-23,25H2/t32?,33-,35?/m1/s1. The predicted octanol–water partition coefficient (Wildman–Crippen LogP) is 6.73. The highest BCUT2D eigenvalue weighted by atomic mass is 35.5. The van der Waals surface area contributed by atoms with Gasteiger partial charge in [-0.2, -0.15) is 10.4 Å². The van der Waals surface area contributed by atoms with Crippen LogP contribution in [0.15, 0.2) is 67.3 Å². The summed E-state index contributed by atoms with van der Waals surface area (Å²) in [6.07, 6.45) is 15.9. The molecule has 0 unspecified atom stereocenters. The van der Waals surface area contributed by atoms with Gasteiger partial charge < -0.3 is 10.2 Å². The zero-order valence-electron chi connectivity index (χ0n) is 25.7. The van der Waals surface area contributed by atoms with Gasteiger partial charge in [0, 0.05) is 30.7 Å². The van der Waals surface area contributed by atoms with Gasteiger partial charge in [0.25, 0.3) is 0 Å². The first-order chi connectivity index (χ1) is 21.5. The molecule has 1 aliphatic heterocycles. The molecule has 7 nitrogen and oxygen atoms in total. The minimum Gasteiger partial charge on any atom is -0.341 e. The fraction of sp³-hybridized carbons (Fsp3) is 0.556. The van der Waals surface area contributed by atoms with E-state index in [-0.39, 0.29) is 23.4 Å². The van der Waals surface area contributed by atoms with E-state index in [1.54, 1.807) is 6.33 Å². The molecule has 44 heavy (non-hydrogen) atoms. The van der Waals surface area contributed by atoms with Gasteiger partial charge in [0.1, 0.15) is 12.7 Å². The van der Waals surface area contributed by atoms with Crippen molar-refractivity contribution >= 4 is 17.5 Å². The maximum absolute atomic E-state index is 14.3. The Morgan fingerprint density at radius 1 is 0.977 bits per heavy atom. The Morgan fingerprint density at radius 3 is 2.32 bits per heavy atom. The molecule has 1 amide bonds. The summed E-state index contributed by atoms with van der Waals surface area (Å²) < 4.78 is 2.01. The van der Waals surface area contributed by atoms with E-state index in [1.165, 1.54) is 32.1 Å². The second-order valence-corrected chi connectivity index (χ2v) is 13.9. The Bertz CT molecular complexity index is 1380. The molecule has 1 aromatic heterocycles. The molecule has 232 valence electrons. The molecule has 1 atom stereocenters. The molecule has 1 N–H and O–H groups in total. The number of piperidine rings is 1. The minimum absolute atomic E-state index is 0.158. The number of carbonyl (C=O) groups excluding carboxylic acids is 1. The van der Waals surface area contributed by atoms with Crippen LogP contribution in [0.2, 0.25) is 5.02 Å². The van der Waals surface area contributed by atoms with E-state index in [0.29, 0.717) is 17.4 Å². The molecule has 8 heteroatoms. The molecule has 0 bridgehead atoms. The fourth-order valence-corrected chi connectivity index (χ4v) is 8.42. The Morgan fingerprint density at radius 2 is 1.68 bits per heavy atom. The van der Waals surface area contributed by atoms with Crippen molar-refractivity contribution in [2.24, 2.45) is 11.3 Å². The van der Waals surface area contributed by atoms with Crippen molar-refractivity contribution in [3.8, 4) is 6.07 Å². The van der Waals surface area contributed by atoms with E-state index >= 15 is 0 Å². The van der Waals surface area contributed by atoms with Crippen LogP contribution in [0.25, 0.3) is 0 Å². The summed E-state index contributed by atoms with van der Waals surface area (Å²) in [5.74, 6) is 0.867. The molecule has 3 aromatic rings. The van der Waals surface area contributed by atoms with Crippen molar-refractivity contribution < 1.29 is 4.79 Å². The maximum atomic E-state index is 14.3. The summed E-state index contributed by atoms with van der Waals surface area (Å²) in [6.45, 7) is 2.44. The lowest BCUT2D eigenvalue weighted by atomic mass is 9.63. The van der Waals surface area contributed by atoms with Crippen LogP contribution in [0.4, 0.5) is 0 Å². The fourth-order valence-electron chi connectivity index (χ4n) is 8.30. The van der Waals surface area contributed by atoms with Gasteiger partial charge in [0.2, 0.25) is 5.91 Å². The smallest absolute Gasteiger partial charge is 0.240 e. The third-order valence-corrected chi connectivity index (χ3v) is 11.2. The highest BCUT2D eigenvalue weighted by Crippen LogP contribution is 2.47. The number of aromatic nitrogens is 3. The van der Waals surface area contributed by atoms with Gasteiger partial charge in [0.05, 0.1) is 17.5 Å². The van der Waals surface area contributed by atoms with Crippen LogP contribution in [0.3, 0.4) is 0 Å². The van der Waals surface area contributed by atoms with Crippen LogP contribution >= 0.6 is 11.6 Å². The number of nitrogens with zero attached hydrogens (tertiary/aromatic N) is 5. The Balaban J connectivity index is 1.15. The second kappa shape index (κ2) is 13.8. The lowest BCUT2D eigenvalue weighted by molar-refractivity contribution is -0.137. The van der Waals surface area contributed by atoms with Gasteiger partial charge in [-0.3, -0.25) is 9.48 Å². The number of benzene rings is 2. The van der Waals surface area contributed by atoms with Crippen molar-refractivity contribution in [2.45, 2.75) is 101 Å². The predicted molar refractivity (Wildman–Crippen MR) is 173 cm³/mol. The number of nitrogens with one attached hydrogen (secondary N) is 1. The largest absolute Gasteiger partial charge is 0.341 e. The molecule has 2 aliphatic carbocycles. The summed E-state index contributed by atoms with van der Waals surface area (Å²) in [5.41, 5.74) is 1.92. The van der Waals surface area contributed by atoms with Crippen molar-refractivity contribution in [2.75, 3.05) is 13.1 Å². The second-order valence-electron chi connectivity index (χ2n) is 13.5. The first-order valence-corrected chi connectivity index (χ1v) is 16.9. The van der Waals surface area contributed by atoms with E-state index in [9.17, 15) is 10.1 Å². The normalized spacial score (nSPS) is 24.8. The van der Waals surface area contributed by atoms with Gasteiger partial charge in [-0.1, -0.05) is 73.3 Å². The molecule has 2 saturated carbocycles. The van der Waals surface area contributed by atoms with Gasteiger partial charge >= 0.3 is 0 Å². The van der Waals surface area contributed by atoms with E-state index in [0.717, 1.165) is 69.3 Å². The summed E-state index contributed by atoms with van der Waals surface area (Å²) in [4.78, 5) is 20.6. The highest BCUT2D eigenvalue weighted by molar-refractivity contribution is 6.30. The number of halogens is 1. The number of carbonyl (C=O) groups is 1. The number of likely N-dealkylation sites (tertiary alicyclic amines) is 1. The third kappa shape index (κ3) is 6.87. The Labute approximate surface area is 267 Å². The summed E-state index contributed by atoms with van der Waals surface area (Å²) in [5, 5.41) is 19.2. The molecule has 0 radical (unpaired) electrons.